The molecule has 0 aliphatic rings. The van der Waals surface area contributed by atoms with E-state index in [0.29, 0.717) is 14.6 Å². The highest BCUT2D eigenvalue weighted by Gasteiger charge is 2.24. The first-order valence-corrected chi connectivity index (χ1v) is 9.03. The summed E-state index contributed by atoms with van der Waals surface area (Å²) in [5.74, 6) is -0.610. The number of fused-ring (bicyclic) bond motifs is 1. The predicted molar refractivity (Wildman–Crippen MR) is 92.8 cm³/mol. The van der Waals surface area contributed by atoms with Crippen molar-refractivity contribution in [2.75, 3.05) is 7.11 Å². The second kappa shape index (κ2) is 5.93. The molecule has 0 amide bonds. The molecule has 0 N–H and O–H groups in total. The Balaban J connectivity index is 2.32. The zero-order chi connectivity index (χ0) is 16.6. The second-order valence-corrected chi connectivity index (χ2v) is 7.53. The van der Waals surface area contributed by atoms with Gasteiger partial charge in [0.25, 0.3) is 10.0 Å². The van der Waals surface area contributed by atoms with Crippen LogP contribution in [0, 0.1) is 3.70 Å². The SMILES string of the molecule is COC(=O)c1nccc2c1cc(I)n2S(=O)(=O)c1ccccc1. The summed E-state index contributed by atoms with van der Waals surface area (Å²) in [7, 11) is -2.52. The molecule has 118 valence electrons. The molecule has 2 heterocycles. The van der Waals surface area contributed by atoms with Crippen molar-refractivity contribution in [1.82, 2.24) is 8.96 Å². The van der Waals surface area contributed by atoms with E-state index in [-0.39, 0.29) is 10.6 Å². The molecule has 0 fully saturated rings. The van der Waals surface area contributed by atoms with Crippen molar-refractivity contribution in [2.24, 2.45) is 0 Å². The van der Waals surface area contributed by atoms with E-state index in [1.54, 1.807) is 30.3 Å². The van der Waals surface area contributed by atoms with Crippen LogP contribution in [0.2, 0.25) is 0 Å². The summed E-state index contributed by atoms with van der Waals surface area (Å²) in [6.45, 7) is 0. The lowest BCUT2D eigenvalue weighted by molar-refractivity contribution is 0.0596. The molecule has 2 aromatic heterocycles. The highest BCUT2D eigenvalue weighted by atomic mass is 127. The molecule has 0 saturated heterocycles. The standard InChI is InChI=1S/C15H11IN2O4S/c1-22-15(19)14-11-9-13(16)18(12(11)7-8-17-14)23(20,21)10-5-3-2-4-6-10/h2-9H,1H3. The smallest absolute Gasteiger partial charge is 0.357 e. The van der Waals surface area contributed by atoms with Crippen molar-refractivity contribution in [3.05, 3.63) is 58.1 Å². The van der Waals surface area contributed by atoms with E-state index >= 15 is 0 Å². The lowest BCUT2D eigenvalue weighted by Crippen LogP contribution is -2.14. The number of halogens is 1. The highest BCUT2D eigenvalue weighted by Crippen LogP contribution is 2.28. The fourth-order valence-corrected chi connectivity index (χ4v) is 5.04. The Kier molecular flexibility index (Phi) is 4.11. The number of methoxy groups -OCH3 is 1. The number of aromatic nitrogens is 2. The van der Waals surface area contributed by atoms with Gasteiger partial charge in [-0.25, -0.2) is 22.2 Å². The number of hydrogen-bond acceptors (Lipinski definition) is 5. The summed E-state index contributed by atoms with van der Waals surface area (Å²) in [5.41, 5.74) is 0.471. The third kappa shape index (κ3) is 2.61. The Morgan fingerprint density at radius 3 is 2.57 bits per heavy atom. The van der Waals surface area contributed by atoms with Crippen molar-refractivity contribution in [3.63, 3.8) is 0 Å². The van der Waals surface area contributed by atoms with Crippen molar-refractivity contribution >= 4 is 49.5 Å². The zero-order valence-electron chi connectivity index (χ0n) is 11.9. The molecule has 0 atom stereocenters. The van der Waals surface area contributed by atoms with Gasteiger partial charge >= 0.3 is 5.97 Å². The fraction of sp³-hybridized carbons (Fsp3) is 0.0667. The van der Waals surface area contributed by atoms with Gasteiger partial charge in [-0.3, -0.25) is 0 Å². The molecule has 6 nitrogen and oxygen atoms in total. The topological polar surface area (TPSA) is 78.3 Å². The normalized spacial score (nSPS) is 11.6. The number of carbonyl (C=O) groups excluding carboxylic acids is 1. The largest absolute Gasteiger partial charge is 0.464 e. The van der Waals surface area contributed by atoms with Gasteiger partial charge in [-0.05, 0) is 46.9 Å². The third-order valence-electron chi connectivity index (χ3n) is 3.30. The highest BCUT2D eigenvalue weighted by molar-refractivity contribution is 14.1. The zero-order valence-corrected chi connectivity index (χ0v) is 14.9. The van der Waals surface area contributed by atoms with Gasteiger partial charge in [0.15, 0.2) is 5.69 Å². The number of benzene rings is 1. The number of carbonyl (C=O) groups is 1. The monoisotopic (exact) mass is 442 g/mol. The van der Waals surface area contributed by atoms with Gasteiger partial charge in [-0.15, -0.1) is 0 Å². The molecule has 0 spiro atoms. The third-order valence-corrected chi connectivity index (χ3v) is 6.17. The molecule has 8 heteroatoms. The molecule has 0 aliphatic carbocycles. The lowest BCUT2D eigenvalue weighted by atomic mass is 10.2. The molecule has 0 aliphatic heterocycles. The Bertz CT molecular complexity index is 997. The number of esters is 1. The number of rotatable bonds is 3. The van der Waals surface area contributed by atoms with Gasteiger partial charge in [0, 0.05) is 11.6 Å². The van der Waals surface area contributed by atoms with Gasteiger partial charge in [0.2, 0.25) is 0 Å². The summed E-state index contributed by atoms with van der Waals surface area (Å²) in [6.07, 6.45) is 1.39. The molecule has 0 bridgehead atoms. The molecule has 23 heavy (non-hydrogen) atoms. The van der Waals surface area contributed by atoms with Crippen LogP contribution in [0.15, 0.2) is 53.6 Å². The van der Waals surface area contributed by atoms with Crippen LogP contribution in [0.4, 0.5) is 0 Å². The second-order valence-electron chi connectivity index (χ2n) is 4.63. The molecule has 0 saturated carbocycles. The molecule has 3 aromatic rings. The number of ether oxygens (including phenoxy) is 1. The van der Waals surface area contributed by atoms with Crippen molar-refractivity contribution < 1.29 is 17.9 Å². The first-order chi connectivity index (χ1) is 11.0. The van der Waals surface area contributed by atoms with E-state index in [1.165, 1.54) is 29.4 Å². The van der Waals surface area contributed by atoms with Crippen LogP contribution in [0.25, 0.3) is 10.9 Å². The van der Waals surface area contributed by atoms with E-state index < -0.39 is 16.0 Å². The van der Waals surface area contributed by atoms with Crippen LogP contribution in [0.1, 0.15) is 10.5 Å². The molecular formula is C15H11IN2O4S. The van der Waals surface area contributed by atoms with E-state index in [0.717, 1.165) is 0 Å². The van der Waals surface area contributed by atoms with Crippen LogP contribution in [0.5, 0.6) is 0 Å². The van der Waals surface area contributed by atoms with Crippen molar-refractivity contribution in [2.45, 2.75) is 4.90 Å². The van der Waals surface area contributed by atoms with Gasteiger partial charge in [-0.1, -0.05) is 18.2 Å². The molecule has 3 rings (SSSR count). The van der Waals surface area contributed by atoms with Crippen LogP contribution in [-0.4, -0.2) is 30.5 Å². The summed E-state index contributed by atoms with van der Waals surface area (Å²) >= 11 is 1.92. The van der Waals surface area contributed by atoms with Gasteiger partial charge in [-0.2, -0.15) is 0 Å². The average Bonchev–Trinajstić information content (AvgIpc) is 2.91. The lowest BCUT2D eigenvalue weighted by Gasteiger charge is -2.09. The molecular weight excluding hydrogens is 431 g/mol. The summed E-state index contributed by atoms with van der Waals surface area (Å²) in [6, 6.07) is 11.3. The minimum Gasteiger partial charge on any atom is -0.464 e. The van der Waals surface area contributed by atoms with E-state index in [9.17, 15) is 13.2 Å². The maximum Gasteiger partial charge on any atom is 0.357 e. The molecule has 0 radical (unpaired) electrons. The first-order valence-electron chi connectivity index (χ1n) is 6.51. The predicted octanol–water partition coefficient (Wildman–Crippen LogP) is 2.66. The van der Waals surface area contributed by atoms with Gasteiger partial charge in [0.1, 0.15) is 0 Å². The number of hydrogen-bond donors (Lipinski definition) is 0. The van der Waals surface area contributed by atoms with Crippen LogP contribution >= 0.6 is 22.6 Å². The Morgan fingerprint density at radius 2 is 1.91 bits per heavy atom. The van der Waals surface area contributed by atoms with E-state index in [4.69, 9.17) is 4.74 Å². The van der Waals surface area contributed by atoms with Gasteiger partial charge < -0.3 is 4.74 Å². The first kappa shape index (κ1) is 15.9. The number of nitrogens with zero attached hydrogens (tertiary/aromatic N) is 2. The average molecular weight is 442 g/mol. The van der Waals surface area contributed by atoms with Crippen molar-refractivity contribution in [3.8, 4) is 0 Å². The maximum atomic E-state index is 12.9. The Hall–Kier alpha value is -1.94. The maximum absolute atomic E-state index is 12.9. The van der Waals surface area contributed by atoms with Crippen LogP contribution in [-0.2, 0) is 14.8 Å². The number of pyridine rings is 1. The van der Waals surface area contributed by atoms with Crippen molar-refractivity contribution in [1.29, 1.82) is 0 Å². The molecule has 0 unspecified atom stereocenters. The Morgan fingerprint density at radius 1 is 1.22 bits per heavy atom. The fourth-order valence-electron chi connectivity index (χ4n) is 2.28. The van der Waals surface area contributed by atoms with Crippen LogP contribution in [0.3, 0.4) is 0 Å². The summed E-state index contributed by atoms with van der Waals surface area (Å²) < 4.78 is 32.2. The van der Waals surface area contributed by atoms with E-state index in [2.05, 4.69) is 4.98 Å². The Labute approximate surface area is 146 Å². The van der Waals surface area contributed by atoms with E-state index in [1.807, 2.05) is 22.6 Å². The van der Waals surface area contributed by atoms with Crippen LogP contribution < -0.4 is 0 Å². The summed E-state index contributed by atoms with van der Waals surface area (Å²) in [4.78, 5) is 16.0. The molecule has 1 aromatic carbocycles. The summed E-state index contributed by atoms with van der Waals surface area (Å²) in [5, 5.41) is 0.434. The minimum absolute atomic E-state index is 0.0879. The van der Waals surface area contributed by atoms with Gasteiger partial charge in [0.05, 0.1) is 21.2 Å². The minimum atomic E-state index is -3.77. The quantitative estimate of drug-likeness (QED) is 0.461.